The highest BCUT2D eigenvalue weighted by Crippen LogP contribution is 2.59. The Labute approximate surface area is 217 Å². The normalized spacial score (nSPS) is 21.8. The highest BCUT2D eigenvalue weighted by atomic mass is 16.2. The van der Waals surface area contributed by atoms with E-state index in [-0.39, 0.29) is 39.6 Å². The van der Waals surface area contributed by atoms with Crippen molar-refractivity contribution in [2.45, 2.75) is 50.4 Å². The van der Waals surface area contributed by atoms with Crippen LogP contribution < -0.4 is 10.7 Å². The lowest BCUT2D eigenvalue weighted by atomic mass is 9.78. The summed E-state index contributed by atoms with van der Waals surface area (Å²) in [4.78, 5) is 41.4. The van der Waals surface area contributed by atoms with E-state index < -0.39 is 0 Å². The molecule has 0 bridgehead atoms. The highest BCUT2D eigenvalue weighted by molar-refractivity contribution is 5.97. The Morgan fingerprint density at radius 1 is 0.946 bits per heavy atom. The summed E-state index contributed by atoms with van der Waals surface area (Å²) in [5.41, 5.74) is 2.24. The summed E-state index contributed by atoms with van der Waals surface area (Å²) in [7, 11) is 1.87. The molecular formula is C31H35N3O3. The molecule has 1 N–H and O–H groups in total. The summed E-state index contributed by atoms with van der Waals surface area (Å²) < 4.78 is 1.85. The van der Waals surface area contributed by atoms with Crippen LogP contribution in [-0.2, 0) is 17.3 Å². The standard InChI is InChI=1S/C31H35N3O3/c1-33-20-24(27(35)23-11-5-6-12-26(23)33)29(37)34-17-15-30(16-18-34)19-25(30)28(36)32-21-31(13-7-8-14-31)22-9-3-2-4-10-22/h2-6,9-12,20,25H,7-8,13-19,21H2,1H3,(H,32,36)/t25-/m0/s1. The molecule has 1 saturated heterocycles. The number of rotatable bonds is 5. The maximum absolute atomic E-state index is 13.3. The molecule has 0 radical (unpaired) electrons. The van der Waals surface area contributed by atoms with E-state index in [4.69, 9.17) is 0 Å². The Morgan fingerprint density at radius 3 is 2.35 bits per heavy atom. The van der Waals surface area contributed by atoms with Gasteiger partial charge in [-0.1, -0.05) is 55.3 Å². The zero-order valence-corrected chi connectivity index (χ0v) is 21.5. The van der Waals surface area contributed by atoms with E-state index in [9.17, 15) is 14.4 Å². The van der Waals surface area contributed by atoms with Gasteiger partial charge in [0.05, 0.1) is 5.52 Å². The molecule has 192 valence electrons. The third-order valence-corrected chi connectivity index (χ3v) is 9.43. The van der Waals surface area contributed by atoms with Gasteiger partial charge in [-0.2, -0.15) is 0 Å². The van der Waals surface area contributed by atoms with Crippen molar-refractivity contribution < 1.29 is 9.59 Å². The highest BCUT2D eigenvalue weighted by Gasteiger charge is 2.59. The van der Waals surface area contributed by atoms with E-state index in [1.165, 1.54) is 18.4 Å². The minimum absolute atomic E-state index is 0.00476. The Kier molecular flexibility index (Phi) is 5.93. The predicted octanol–water partition coefficient (Wildman–Crippen LogP) is 4.41. The van der Waals surface area contributed by atoms with E-state index in [2.05, 4.69) is 29.6 Å². The topological polar surface area (TPSA) is 71.4 Å². The van der Waals surface area contributed by atoms with E-state index in [1.807, 2.05) is 35.9 Å². The van der Waals surface area contributed by atoms with Crippen molar-refractivity contribution in [3.8, 4) is 0 Å². The van der Waals surface area contributed by atoms with Crippen LogP contribution in [0.1, 0.15) is 60.9 Å². The van der Waals surface area contributed by atoms with E-state index in [1.54, 1.807) is 17.2 Å². The number of aryl methyl sites for hydroxylation is 1. The maximum Gasteiger partial charge on any atom is 0.259 e. The quantitative estimate of drug-likeness (QED) is 0.568. The Balaban J connectivity index is 1.09. The lowest BCUT2D eigenvalue weighted by Gasteiger charge is -2.33. The van der Waals surface area contributed by atoms with Crippen molar-refractivity contribution in [3.63, 3.8) is 0 Å². The summed E-state index contributed by atoms with van der Waals surface area (Å²) in [6.07, 6.45) is 8.86. The molecule has 2 heterocycles. The molecule has 0 unspecified atom stereocenters. The monoisotopic (exact) mass is 497 g/mol. The molecule has 6 rings (SSSR count). The molecular weight excluding hydrogens is 462 g/mol. The fourth-order valence-electron chi connectivity index (χ4n) is 6.98. The van der Waals surface area contributed by atoms with Crippen LogP contribution in [0.25, 0.3) is 10.9 Å². The summed E-state index contributed by atoms with van der Waals surface area (Å²) in [6, 6.07) is 18.0. The third kappa shape index (κ3) is 4.16. The molecule has 6 nitrogen and oxygen atoms in total. The number of piperidine rings is 1. The molecule has 2 aromatic carbocycles. The second-order valence-corrected chi connectivity index (χ2v) is 11.5. The third-order valence-electron chi connectivity index (χ3n) is 9.43. The summed E-state index contributed by atoms with van der Waals surface area (Å²) >= 11 is 0. The smallest absolute Gasteiger partial charge is 0.259 e. The second kappa shape index (κ2) is 9.16. The average molecular weight is 498 g/mol. The minimum Gasteiger partial charge on any atom is -0.355 e. The van der Waals surface area contributed by atoms with Gasteiger partial charge >= 0.3 is 0 Å². The van der Waals surface area contributed by atoms with E-state index >= 15 is 0 Å². The van der Waals surface area contributed by atoms with Gasteiger partial charge in [0.15, 0.2) is 0 Å². The van der Waals surface area contributed by atoms with Gasteiger partial charge in [0.1, 0.15) is 5.56 Å². The molecule has 37 heavy (non-hydrogen) atoms. The zero-order valence-electron chi connectivity index (χ0n) is 21.5. The van der Waals surface area contributed by atoms with Gasteiger partial charge in [0.25, 0.3) is 5.91 Å². The van der Waals surface area contributed by atoms with Gasteiger partial charge in [-0.15, -0.1) is 0 Å². The number of carbonyl (C=O) groups is 2. The summed E-state index contributed by atoms with van der Waals surface area (Å²) in [5, 5.41) is 3.89. The minimum atomic E-state index is -0.207. The number of pyridine rings is 1. The molecule has 3 fully saturated rings. The van der Waals surface area contributed by atoms with Gasteiger partial charge in [-0.25, -0.2) is 0 Å². The fourth-order valence-corrected chi connectivity index (χ4v) is 6.98. The number of para-hydroxylation sites is 1. The lowest BCUT2D eigenvalue weighted by molar-refractivity contribution is -0.123. The molecule has 3 aromatic rings. The van der Waals surface area contributed by atoms with Crippen LogP contribution in [0.3, 0.4) is 0 Å². The van der Waals surface area contributed by atoms with Crippen LogP contribution >= 0.6 is 0 Å². The maximum atomic E-state index is 13.3. The number of aromatic nitrogens is 1. The van der Waals surface area contributed by atoms with Crippen LogP contribution in [0.5, 0.6) is 0 Å². The van der Waals surface area contributed by atoms with E-state index in [0.717, 1.165) is 37.6 Å². The summed E-state index contributed by atoms with van der Waals surface area (Å²) in [5.74, 6) is 0.00629. The number of hydrogen-bond donors (Lipinski definition) is 1. The number of amides is 2. The molecule has 2 saturated carbocycles. The molecule has 3 aliphatic rings. The van der Waals surface area contributed by atoms with Crippen LogP contribution in [0, 0.1) is 11.3 Å². The van der Waals surface area contributed by atoms with Crippen molar-refractivity contribution >= 4 is 22.7 Å². The fraction of sp³-hybridized carbons (Fsp3) is 0.452. The first-order valence-electron chi connectivity index (χ1n) is 13.6. The van der Waals surface area contributed by atoms with Crippen molar-refractivity contribution in [1.29, 1.82) is 0 Å². The number of carbonyl (C=O) groups excluding carboxylic acids is 2. The number of hydrogen-bond acceptors (Lipinski definition) is 3. The first kappa shape index (κ1) is 24.0. The van der Waals surface area contributed by atoms with Crippen LogP contribution in [-0.4, -0.2) is 40.9 Å². The van der Waals surface area contributed by atoms with Gasteiger partial charge in [-0.3, -0.25) is 14.4 Å². The largest absolute Gasteiger partial charge is 0.355 e. The number of nitrogens with one attached hydrogen (secondary N) is 1. The number of nitrogens with zero attached hydrogens (tertiary/aromatic N) is 2. The number of fused-ring (bicyclic) bond motifs is 1. The Morgan fingerprint density at radius 2 is 1.62 bits per heavy atom. The summed E-state index contributed by atoms with van der Waals surface area (Å²) in [6.45, 7) is 1.89. The van der Waals surface area contributed by atoms with Crippen molar-refractivity contribution in [3.05, 3.63) is 82.1 Å². The van der Waals surface area contributed by atoms with E-state index in [0.29, 0.717) is 25.0 Å². The molecule has 2 aliphatic carbocycles. The van der Waals surface area contributed by atoms with Crippen molar-refractivity contribution in [2.24, 2.45) is 18.4 Å². The first-order chi connectivity index (χ1) is 17.9. The van der Waals surface area contributed by atoms with Gasteiger partial charge < -0.3 is 14.8 Å². The van der Waals surface area contributed by atoms with Gasteiger partial charge in [0, 0.05) is 49.6 Å². The van der Waals surface area contributed by atoms with Gasteiger partial charge in [0.2, 0.25) is 11.3 Å². The second-order valence-electron chi connectivity index (χ2n) is 11.5. The molecule has 2 amide bonds. The predicted molar refractivity (Wildman–Crippen MR) is 144 cm³/mol. The molecule has 1 aromatic heterocycles. The van der Waals surface area contributed by atoms with Crippen LogP contribution in [0.2, 0.25) is 0 Å². The Hall–Kier alpha value is -3.41. The van der Waals surface area contributed by atoms with Gasteiger partial charge in [-0.05, 0) is 55.2 Å². The number of likely N-dealkylation sites (tertiary alicyclic amines) is 1. The number of benzene rings is 2. The SMILES string of the molecule is Cn1cc(C(=O)N2CCC3(CC2)C[C@H]3C(=O)NCC2(c3ccccc3)CCCC2)c(=O)c2ccccc21. The Bertz CT molecular complexity index is 1400. The molecule has 6 heteroatoms. The van der Waals surface area contributed by atoms with Crippen molar-refractivity contribution in [1.82, 2.24) is 14.8 Å². The molecule has 1 spiro atoms. The lowest BCUT2D eigenvalue weighted by Crippen LogP contribution is -2.43. The van der Waals surface area contributed by atoms with Crippen LogP contribution in [0.4, 0.5) is 0 Å². The van der Waals surface area contributed by atoms with Crippen molar-refractivity contribution in [2.75, 3.05) is 19.6 Å². The molecule has 1 aliphatic heterocycles. The first-order valence-corrected chi connectivity index (χ1v) is 13.6. The average Bonchev–Trinajstić information content (AvgIpc) is 3.41. The zero-order chi connectivity index (χ0) is 25.6. The molecule has 1 atom stereocenters. The van der Waals surface area contributed by atoms with Crippen LogP contribution in [0.15, 0.2) is 65.6 Å².